The first-order valence-electron chi connectivity index (χ1n) is 6.40. The van der Waals surface area contributed by atoms with Crippen molar-refractivity contribution in [3.63, 3.8) is 0 Å². The first kappa shape index (κ1) is 11.8. The van der Waals surface area contributed by atoms with Gasteiger partial charge < -0.3 is 10.6 Å². The topological polar surface area (TPSA) is 91.8 Å². The van der Waals surface area contributed by atoms with Crippen LogP contribution in [0.2, 0.25) is 0 Å². The minimum Gasteiger partial charge on any atom is -0.387 e. The zero-order chi connectivity index (χ0) is 13.2. The van der Waals surface area contributed by atoms with Gasteiger partial charge in [0.1, 0.15) is 11.3 Å². The van der Waals surface area contributed by atoms with Crippen LogP contribution in [-0.2, 0) is 0 Å². The molecule has 0 aliphatic carbocycles. The molecule has 6 heteroatoms. The number of aromatic nitrogens is 3. The fourth-order valence-corrected chi connectivity index (χ4v) is 2.46. The summed E-state index contributed by atoms with van der Waals surface area (Å²) in [5.41, 5.74) is 7.07. The number of nitrogens with two attached hydrogens (primary N) is 1. The van der Waals surface area contributed by atoms with Crippen LogP contribution in [0.3, 0.4) is 0 Å². The molecule has 1 fully saturated rings. The van der Waals surface area contributed by atoms with Gasteiger partial charge in [-0.3, -0.25) is 10.4 Å². The SMILES string of the molecule is N=C(N)C1CCCN(c2ccc3nccnc3n2)C1. The lowest BCUT2D eigenvalue weighted by atomic mass is 9.97. The van der Waals surface area contributed by atoms with Gasteiger partial charge >= 0.3 is 0 Å². The minimum atomic E-state index is 0.133. The Morgan fingerprint density at radius 3 is 3.00 bits per heavy atom. The number of nitrogens with zero attached hydrogens (tertiary/aromatic N) is 4. The van der Waals surface area contributed by atoms with Gasteiger partial charge in [-0.1, -0.05) is 0 Å². The summed E-state index contributed by atoms with van der Waals surface area (Å²) >= 11 is 0. The van der Waals surface area contributed by atoms with E-state index < -0.39 is 0 Å². The van der Waals surface area contributed by atoms with Gasteiger partial charge in [0.05, 0.1) is 5.84 Å². The van der Waals surface area contributed by atoms with E-state index in [4.69, 9.17) is 11.1 Å². The summed E-state index contributed by atoms with van der Waals surface area (Å²) in [6.07, 6.45) is 5.33. The van der Waals surface area contributed by atoms with Crippen LogP contribution in [0.4, 0.5) is 5.82 Å². The lowest BCUT2D eigenvalue weighted by Gasteiger charge is -2.32. The van der Waals surface area contributed by atoms with Crippen LogP contribution in [0.15, 0.2) is 24.5 Å². The normalized spacial score (nSPS) is 19.6. The molecular weight excluding hydrogens is 240 g/mol. The number of pyridine rings is 1. The fraction of sp³-hybridized carbons (Fsp3) is 0.385. The second-order valence-corrected chi connectivity index (χ2v) is 4.81. The largest absolute Gasteiger partial charge is 0.387 e. The summed E-state index contributed by atoms with van der Waals surface area (Å²) in [5.74, 6) is 1.29. The summed E-state index contributed by atoms with van der Waals surface area (Å²) in [5, 5.41) is 7.58. The van der Waals surface area contributed by atoms with Crippen LogP contribution >= 0.6 is 0 Å². The highest BCUT2D eigenvalue weighted by Gasteiger charge is 2.23. The number of anilines is 1. The van der Waals surface area contributed by atoms with Gasteiger partial charge in [0, 0.05) is 31.4 Å². The van der Waals surface area contributed by atoms with Crippen LogP contribution < -0.4 is 10.6 Å². The maximum atomic E-state index is 7.58. The Hall–Kier alpha value is -2.24. The van der Waals surface area contributed by atoms with Gasteiger partial charge in [-0.2, -0.15) is 0 Å². The second kappa shape index (κ2) is 4.79. The molecule has 0 spiro atoms. The van der Waals surface area contributed by atoms with Crippen molar-refractivity contribution < 1.29 is 0 Å². The number of hydrogen-bond donors (Lipinski definition) is 2. The molecule has 0 saturated carbocycles. The Morgan fingerprint density at radius 2 is 2.16 bits per heavy atom. The standard InChI is InChI=1S/C13H16N6/c14-12(15)9-2-1-7-19(8-9)11-4-3-10-13(18-11)17-6-5-16-10/h3-6,9H,1-2,7-8H2,(H3,14,15). The number of hydrogen-bond acceptors (Lipinski definition) is 5. The number of amidine groups is 1. The highest BCUT2D eigenvalue weighted by atomic mass is 15.2. The average molecular weight is 256 g/mol. The molecule has 0 aromatic carbocycles. The van der Waals surface area contributed by atoms with Gasteiger partial charge in [-0.15, -0.1) is 0 Å². The summed E-state index contributed by atoms with van der Waals surface area (Å²) < 4.78 is 0. The number of nitrogens with one attached hydrogen (secondary N) is 1. The van der Waals surface area contributed by atoms with Crippen molar-refractivity contribution in [3.05, 3.63) is 24.5 Å². The molecule has 1 unspecified atom stereocenters. The Labute approximate surface area is 111 Å². The highest BCUT2D eigenvalue weighted by molar-refractivity contribution is 5.80. The van der Waals surface area contributed by atoms with Crippen molar-refractivity contribution in [2.75, 3.05) is 18.0 Å². The molecule has 19 heavy (non-hydrogen) atoms. The smallest absolute Gasteiger partial charge is 0.180 e. The first-order valence-corrected chi connectivity index (χ1v) is 6.40. The molecule has 1 saturated heterocycles. The number of fused-ring (bicyclic) bond motifs is 1. The van der Waals surface area contributed by atoms with Crippen molar-refractivity contribution in [1.29, 1.82) is 5.41 Å². The molecular formula is C13H16N6. The van der Waals surface area contributed by atoms with Crippen molar-refractivity contribution >= 4 is 22.8 Å². The molecule has 0 amide bonds. The van der Waals surface area contributed by atoms with Gasteiger partial charge in [0.2, 0.25) is 0 Å². The van der Waals surface area contributed by atoms with Crippen molar-refractivity contribution in [3.8, 4) is 0 Å². The first-order chi connectivity index (χ1) is 9.24. The highest BCUT2D eigenvalue weighted by Crippen LogP contribution is 2.22. The summed E-state index contributed by atoms with van der Waals surface area (Å²) in [6.45, 7) is 1.71. The molecule has 6 nitrogen and oxygen atoms in total. The predicted octanol–water partition coefficient (Wildman–Crippen LogP) is 1.18. The van der Waals surface area contributed by atoms with Crippen molar-refractivity contribution in [2.24, 2.45) is 11.7 Å². The third-order valence-corrected chi connectivity index (χ3v) is 3.50. The monoisotopic (exact) mass is 256 g/mol. The van der Waals surface area contributed by atoms with Crippen LogP contribution in [-0.4, -0.2) is 33.9 Å². The van der Waals surface area contributed by atoms with E-state index in [9.17, 15) is 0 Å². The predicted molar refractivity (Wildman–Crippen MR) is 74.2 cm³/mol. The third kappa shape index (κ3) is 2.33. The van der Waals surface area contributed by atoms with E-state index in [1.54, 1.807) is 12.4 Å². The summed E-state index contributed by atoms with van der Waals surface area (Å²) in [7, 11) is 0. The van der Waals surface area contributed by atoms with Gasteiger partial charge in [0.25, 0.3) is 0 Å². The van der Waals surface area contributed by atoms with Gasteiger partial charge in [-0.25, -0.2) is 9.97 Å². The average Bonchev–Trinajstić information content (AvgIpc) is 2.47. The fourth-order valence-electron chi connectivity index (χ4n) is 2.46. The molecule has 3 heterocycles. The number of piperidine rings is 1. The summed E-state index contributed by atoms with van der Waals surface area (Å²) in [6, 6.07) is 3.89. The van der Waals surface area contributed by atoms with Crippen molar-refractivity contribution in [1.82, 2.24) is 15.0 Å². The maximum absolute atomic E-state index is 7.58. The van der Waals surface area contributed by atoms with Crippen molar-refractivity contribution in [2.45, 2.75) is 12.8 Å². The van der Waals surface area contributed by atoms with E-state index in [0.717, 1.165) is 37.3 Å². The Kier molecular flexibility index (Phi) is 2.98. The van der Waals surface area contributed by atoms with E-state index in [0.29, 0.717) is 5.65 Å². The zero-order valence-electron chi connectivity index (χ0n) is 10.6. The summed E-state index contributed by atoms with van der Waals surface area (Å²) in [4.78, 5) is 15.1. The molecule has 2 aromatic rings. The Balaban J connectivity index is 1.89. The molecule has 1 aliphatic heterocycles. The third-order valence-electron chi connectivity index (χ3n) is 3.50. The lowest BCUT2D eigenvalue weighted by molar-refractivity contribution is 0.500. The Morgan fingerprint density at radius 1 is 1.32 bits per heavy atom. The second-order valence-electron chi connectivity index (χ2n) is 4.81. The van der Waals surface area contributed by atoms with Crippen LogP contribution in [0.1, 0.15) is 12.8 Å². The van der Waals surface area contributed by atoms with Crippen LogP contribution in [0, 0.1) is 11.3 Å². The van der Waals surface area contributed by atoms with Gasteiger partial charge in [-0.05, 0) is 25.0 Å². The van der Waals surface area contributed by atoms with E-state index in [-0.39, 0.29) is 11.8 Å². The molecule has 0 bridgehead atoms. The lowest BCUT2D eigenvalue weighted by Crippen LogP contribution is -2.41. The van der Waals surface area contributed by atoms with Crippen LogP contribution in [0.5, 0.6) is 0 Å². The van der Waals surface area contributed by atoms with E-state index in [1.165, 1.54) is 0 Å². The van der Waals surface area contributed by atoms with E-state index >= 15 is 0 Å². The molecule has 3 rings (SSSR count). The van der Waals surface area contributed by atoms with E-state index in [1.807, 2.05) is 12.1 Å². The maximum Gasteiger partial charge on any atom is 0.180 e. The molecule has 3 N–H and O–H groups in total. The molecule has 0 radical (unpaired) electrons. The Bertz CT molecular complexity index is 611. The molecule has 1 atom stereocenters. The quantitative estimate of drug-likeness (QED) is 0.621. The van der Waals surface area contributed by atoms with Crippen LogP contribution in [0.25, 0.3) is 11.2 Å². The van der Waals surface area contributed by atoms with Gasteiger partial charge in [0.15, 0.2) is 5.65 Å². The van der Waals surface area contributed by atoms with E-state index in [2.05, 4.69) is 19.9 Å². The molecule has 1 aliphatic rings. The number of rotatable bonds is 2. The minimum absolute atomic E-state index is 0.133. The molecule has 98 valence electrons. The molecule has 2 aromatic heterocycles. The zero-order valence-corrected chi connectivity index (χ0v) is 10.6.